The molecule has 2 atom stereocenters. The Balaban J connectivity index is 1.39. The van der Waals surface area contributed by atoms with E-state index in [9.17, 15) is 9.59 Å². The Hall–Kier alpha value is -2.40. The molecule has 2 unspecified atom stereocenters. The van der Waals surface area contributed by atoms with E-state index >= 15 is 0 Å². The molecule has 3 fully saturated rings. The molecule has 0 spiro atoms. The van der Waals surface area contributed by atoms with Crippen LogP contribution in [0.1, 0.15) is 74.7 Å². The summed E-state index contributed by atoms with van der Waals surface area (Å²) >= 11 is 0. The molecule has 1 aliphatic carbocycles. The van der Waals surface area contributed by atoms with Crippen molar-refractivity contribution in [1.29, 1.82) is 0 Å². The van der Waals surface area contributed by atoms with E-state index < -0.39 is 36.1 Å². The largest absolute Gasteiger partial charge is 0.498 e. The fourth-order valence-electron chi connectivity index (χ4n) is 4.53. The summed E-state index contributed by atoms with van der Waals surface area (Å²) in [6, 6.07) is -0.161. The zero-order valence-corrected chi connectivity index (χ0v) is 22.8. The van der Waals surface area contributed by atoms with Crippen molar-refractivity contribution in [2.24, 2.45) is 0 Å². The zero-order chi connectivity index (χ0) is 26.5. The zero-order valence-electron chi connectivity index (χ0n) is 22.8. The molecule has 1 saturated carbocycles. The maximum absolute atomic E-state index is 13.0. The molecule has 36 heavy (non-hydrogen) atoms. The molecule has 4 rings (SSSR count). The van der Waals surface area contributed by atoms with Gasteiger partial charge in [0.2, 0.25) is 11.9 Å². The second kappa shape index (κ2) is 9.48. The number of nitrogens with one attached hydrogen (secondary N) is 1. The third kappa shape index (κ3) is 5.77. The van der Waals surface area contributed by atoms with Crippen molar-refractivity contribution in [3.05, 3.63) is 12.4 Å². The first-order valence-electron chi connectivity index (χ1n) is 12.9. The number of carbonyl (C=O) groups is 2. The first-order chi connectivity index (χ1) is 16.7. The summed E-state index contributed by atoms with van der Waals surface area (Å²) in [5, 5.41) is 2.65. The lowest BCUT2D eigenvalue weighted by atomic mass is 9.81. The molecule has 0 bridgehead atoms. The monoisotopic (exact) mass is 501 g/mol. The summed E-state index contributed by atoms with van der Waals surface area (Å²) < 4.78 is 17.5. The lowest BCUT2D eigenvalue weighted by molar-refractivity contribution is -0.132. The molecule has 0 radical (unpaired) electrons. The molecule has 1 aromatic heterocycles. The lowest BCUT2D eigenvalue weighted by Crippen LogP contribution is -2.48. The van der Waals surface area contributed by atoms with Gasteiger partial charge in [0.15, 0.2) is 0 Å². The van der Waals surface area contributed by atoms with Gasteiger partial charge in [-0.2, -0.15) is 0 Å². The van der Waals surface area contributed by atoms with Crippen LogP contribution in [0.5, 0.6) is 0 Å². The van der Waals surface area contributed by atoms with Crippen molar-refractivity contribution in [2.75, 3.05) is 18.0 Å². The average molecular weight is 501 g/mol. The number of likely N-dealkylation sites (tertiary alicyclic amines) is 1. The minimum absolute atomic E-state index is 0.115. The summed E-state index contributed by atoms with van der Waals surface area (Å²) in [7, 11) is -0.503. The predicted octanol–water partition coefficient (Wildman–Crippen LogP) is 2.26. The number of carbonyl (C=O) groups excluding carboxylic acids is 2. The van der Waals surface area contributed by atoms with Gasteiger partial charge in [-0.15, -0.1) is 0 Å². The van der Waals surface area contributed by atoms with Gasteiger partial charge >= 0.3 is 13.2 Å². The number of rotatable bonds is 6. The number of aromatic nitrogens is 2. The maximum Gasteiger partial charge on any atom is 0.498 e. The molecular weight excluding hydrogens is 461 g/mol. The van der Waals surface area contributed by atoms with E-state index in [-0.39, 0.29) is 11.9 Å². The van der Waals surface area contributed by atoms with E-state index in [0.29, 0.717) is 25.1 Å². The van der Waals surface area contributed by atoms with Crippen LogP contribution in [0.15, 0.2) is 12.4 Å². The van der Waals surface area contributed by atoms with Crippen LogP contribution in [-0.2, 0) is 18.8 Å². The molecule has 1 N–H and O–H groups in total. The molecule has 2 aliphatic heterocycles. The van der Waals surface area contributed by atoms with Crippen LogP contribution in [0.4, 0.5) is 10.7 Å². The number of hydrogen-bond acceptors (Lipinski definition) is 8. The summed E-state index contributed by atoms with van der Waals surface area (Å²) in [5.41, 5.74) is -0.676. The average Bonchev–Trinajstić information content (AvgIpc) is 3.41. The molecule has 0 aromatic carbocycles. The van der Waals surface area contributed by atoms with E-state index in [1.54, 1.807) is 45.0 Å². The Bertz CT molecular complexity index is 960. The van der Waals surface area contributed by atoms with Gasteiger partial charge in [-0.05, 0) is 74.7 Å². The van der Waals surface area contributed by atoms with Gasteiger partial charge in [-0.3, -0.25) is 4.79 Å². The molecule has 2 amide bonds. The molecule has 1 aromatic rings. The highest BCUT2D eigenvalue weighted by atomic mass is 16.7. The van der Waals surface area contributed by atoms with Crippen LogP contribution in [0.3, 0.4) is 0 Å². The molecule has 3 heterocycles. The van der Waals surface area contributed by atoms with Crippen LogP contribution < -0.4 is 15.7 Å². The van der Waals surface area contributed by atoms with Gasteiger partial charge in [-0.1, -0.05) is 0 Å². The first kappa shape index (κ1) is 26.7. The van der Waals surface area contributed by atoms with Crippen LogP contribution in [0.2, 0.25) is 0 Å². The predicted molar refractivity (Wildman–Crippen MR) is 137 cm³/mol. The first-order valence-corrected chi connectivity index (χ1v) is 12.9. The minimum Gasteiger partial charge on any atom is -0.444 e. The third-order valence-corrected chi connectivity index (χ3v) is 7.33. The highest BCUT2D eigenvalue weighted by molar-refractivity contribution is 6.61. The molecule has 3 aliphatic rings. The Morgan fingerprint density at radius 2 is 1.69 bits per heavy atom. The number of hydrogen-bond donors (Lipinski definition) is 1. The van der Waals surface area contributed by atoms with Crippen LogP contribution >= 0.6 is 0 Å². The van der Waals surface area contributed by atoms with Crippen LogP contribution in [-0.4, -0.2) is 82.0 Å². The van der Waals surface area contributed by atoms with Gasteiger partial charge in [0.05, 0.1) is 17.2 Å². The van der Waals surface area contributed by atoms with Crippen LogP contribution in [0, 0.1) is 0 Å². The van der Waals surface area contributed by atoms with Gasteiger partial charge in [0.1, 0.15) is 11.6 Å². The highest BCUT2D eigenvalue weighted by Gasteiger charge is 2.52. The summed E-state index contributed by atoms with van der Waals surface area (Å²) in [5.74, 6) is 0.549. The van der Waals surface area contributed by atoms with E-state index in [4.69, 9.17) is 14.0 Å². The van der Waals surface area contributed by atoms with E-state index in [1.807, 2.05) is 27.7 Å². The van der Waals surface area contributed by atoms with E-state index in [0.717, 1.165) is 24.7 Å². The van der Waals surface area contributed by atoms with Crippen molar-refractivity contribution in [3.63, 3.8) is 0 Å². The Morgan fingerprint density at radius 3 is 2.22 bits per heavy atom. The van der Waals surface area contributed by atoms with Crippen molar-refractivity contribution >= 4 is 30.5 Å². The Labute approximate surface area is 214 Å². The topological polar surface area (TPSA) is 106 Å². The molecule has 198 valence electrons. The van der Waals surface area contributed by atoms with Crippen LogP contribution in [0.25, 0.3) is 0 Å². The van der Waals surface area contributed by atoms with E-state index in [2.05, 4.69) is 20.2 Å². The third-order valence-electron chi connectivity index (χ3n) is 7.33. The van der Waals surface area contributed by atoms with Crippen molar-refractivity contribution in [1.82, 2.24) is 20.2 Å². The SMILES string of the molecule is CC(NC(=O)OC(C)(C)C)C(=O)N1CCC(N(c2ncc(B3OC(C)(C)C(C)(C)O3)cn2)C2CC2)C1. The fraction of sp³-hybridized carbons (Fsp3) is 0.760. The fourth-order valence-corrected chi connectivity index (χ4v) is 4.53. The maximum atomic E-state index is 13.0. The summed E-state index contributed by atoms with van der Waals surface area (Å²) in [4.78, 5) is 38.5. The lowest BCUT2D eigenvalue weighted by Gasteiger charge is -2.32. The van der Waals surface area contributed by atoms with Gasteiger partial charge in [0, 0.05) is 37.0 Å². The number of ether oxygens (including phenoxy) is 1. The minimum atomic E-state index is -0.663. The van der Waals surface area contributed by atoms with Crippen molar-refractivity contribution < 1.29 is 23.6 Å². The summed E-state index contributed by atoms with van der Waals surface area (Å²) in [6.07, 6.45) is 5.97. The number of amides is 2. The smallest absolute Gasteiger partial charge is 0.444 e. The van der Waals surface area contributed by atoms with Crippen molar-refractivity contribution in [3.8, 4) is 0 Å². The number of nitrogens with zero attached hydrogens (tertiary/aromatic N) is 4. The molecule has 2 saturated heterocycles. The molecule has 10 nitrogen and oxygen atoms in total. The molecule has 11 heteroatoms. The normalized spacial score (nSPS) is 23.9. The quantitative estimate of drug-likeness (QED) is 0.592. The standard InChI is InChI=1S/C25H40BN5O5/c1-16(29-22(33)34-23(2,3)4)20(32)30-12-11-19(15-30)31(18-9-10-18)21-27-13-17(14-28-21)26-35-24(5,6)25(7,8)36-26/h13-14,16,18-19H,9-12,15H2,1-8H3,(H,29,33). The molecular formula is C25H40BN5O5. The van der Waals surface area contributed by atoms with E-state index in [1.165, 1.54) is 0 Å². The second-order valence-electron chi connectivity index (χ2n) is 12.1. The van der Waals surface area contributed by atoms with Crippen molar-refractivity contribution in [2.45, 2.75) is 110 Å². The second-order valence-corrected chi connectivity index (χ2v) is 12.1. The van der Waals surface area contributed by atoms with Gasteiger partial charge < -0.3 is 29.2 Å². The summed E-state index contributed by atoms with van der Waals surface area (Å²) in [6.45, 7) is 16.3. The number of alkyl carbamates (subject to hydrolysis) is 1. The van der Waals surface area contributed by atoms with Gasteiger partial charge in [-0.25, -0.2) is 14.8 Å². The Kier molecular flexibility index (Phi) is 7.02. The Morgan fingerprint density at radius 1 is 1.11 bits per heavy atom. The van der Waals surface area contributed by atoms with Gasteiger partial charge in [0.25, 0.3) is 0 Å². The number of anilines is 1. The highest BCUT2D eigenvalue weighted by Crippen LogP contribution is 2.37.